The van der Waals surface area contributed by atoms with Crippen LogP contribution in [0.2, 0.25) is 0 Å². The molecule has 0 aliphatic carbocycles. The first-order chi connectivity index (χ1) is 6.29. The fraction of sp³-hybridized carbons (Fsp3) is 1.00. The molecule has 1 rings (SSSR count). The molecule has 0 spiro atoms. The number of nitrogens with one attached hydrogen (secondary N) is 1. The van der Waals surface area contributed by atoms with Crippen LogP contribution in [-0.2, 0) is 0 Å². The van der Waals surface area contributed by atoms with E-state index in [2.05, 4.69) is 24.3 Å². The van der Waals surface area contributed by atoms with Crippen molar-refractivity contribution in [3.8, 4) is 0 Å². The molecule has 0 bridgehead atoms. The van der Waals surface area contributed by atoms with Crippen molar-refractivity contribution in [2.45, 2.75) is 32.1 Å². The molecular formula is C11H24N2. The molecule has 0 aromatic rings. The molecule has 13 heavy (non-hydrogen) atoms. The third-order valence-corrected chi connectivity index (χ3v) is 2.87. The highest BCUT2D eigenvalue weighted by molar-refractivity contribution is 4.67. The molecule has 0 amide bonds. The van der Waals surface area contributed by atoms with E-state index in [0.29, 0.717) is 0 Å². The van der Waals surface area contributed by atoms with Crippen LogP contribution >= 0.6 is 0 Å². The van der Waals surface area contributed by atoms with Gasteiger partial charge in [0.25, 0.3) is 0 Å². The average molecular weight is 184 g/mol. The topological polar surface area (TPSA) is 15.3 Å². The Morgan fingerprint density at radius 3 is 2.92 bits per heavy atom. The van der Waals surface area contributed by atoms with Crippen molar-refractivity contribution in [1.82, 2.24) is 10.2 Å². The summed E-state index contributed by atoms with van der Waals surface area (Å²) in [5.74, 6) is 0.947. The van der Waals surface area contributed by atoms with E-state index in [9.17, 15) is 0 Å². The highest BCUT2D eigenvalue weighted by atomic mass is 15.0. The molecule has 2 nitrogen and oxygen atoms in total. The molecule has 1 saturated heterocycles. The van der Waals surface area contributed by atoms with Crippen LogP contribution in [0.3, 0.4) is 0 Å². The summed E-state index contributed by atoms with van der Waals surface area (Å²) in [7, 11) is 4.32. The van der Waals surface area contributed by atoms with Crippen LogP contribution in [0.25, 0.3) is 0 Å². The Kier molecular flexibility index (Phi) is 5.40. The zero-order chi connectivity index (χ0) is 9.52. The highest BCUT2D eigenvalue weighted by Gasteiger charge is 2.10. The van der Waals surface area contributed by atoms with Gasteiger partial charge in [-0.1, -0.05) is 6.42 Å². The van der Waals surface area contributed by atoms with E-state index in [0.717, 1.165) is 5.92 Å². The number of rotatable bonds is 4. The molecule has 1 aliphatic rings. The summed E-state index contributed by atoms with van der Waals surface area (Å²) in [6.07, 6.45) is 7.02. The van der Waals surface area contributed by atoms with Crippen LogP contribution in [0.4, 0.5) is 0 Å². The summed E-state index contributed by atoms with van der Waals surface area (Å²) in [5.41, 5.74) is 0. The largest absolute Gasteiger partial charge is 0.316 e. The molecule has 0 radical (unpaired) electrons. The third kappa shape index (κ3) is 5.27. The van der Waals surface area contributed by atoms with Gasteiger partial charge in [-0.3, -0.25) is 0 Å². The molecule has 1 atom stereocenters. The predicted octanol–water partition coefficient (Wildman–Crippen LogP) is 1.72. The van der Waals surface area contributed by atoms with Gasteiger partial charge >= 0.3 is 0 Å². The molecule has 1 aliphatic heterocycles. The lowest BCUT2D eigenvalue weighted by Gasteiger charge is -2.15. The summed E-state index contributed by atoms with van der Waals surface area (Å²) in [6.45, 7) is 3.74. The number of hydrogen-bond acceptors (Lipinski definition) is 2. The summed E-state index contributed by atoms with van der Waals surface area (Å²) in [6, 6.07) is 0. The first-order valence-corrected chi connectivity index (χ1v) is 5.64. The molecule has 0 aromatic carbocycles. The summed E-state index contributed by atoms with van der Waals surface area (Å²) >= 11 is 0. The van der Waals surface area contributed by atoms with Crippen LogP contribution in [0, 0.1) is 5.92 Å². The van der Waals surface area contributed by atoms with Crippen LogP contribution < -0.4 is 5.32 Å². The SMILES string of the molecule is CN(C)CCCC1CCCCNC1. The van der Waals surface area contributed by atoms with E-state index in [-0.39, 0.29) is 0 Å². The minimum atomic E-state index is 0.947. The van der Waals surface area contributed by atoms with Gasteiger partial charge in [-0.25, -0.2) is 0 Å². The Balaban J connectivity index is 2.05. The summed E-state index contributed by atoms with van der Waals surface area (Å²) in [5, 5.41) is 3.52. The minimum absolute atomic E-state index is 0.947. The van der Waals surface area contributed by atoms with Gasteiger partial charge < -0.3 is 10.2 Å². The molecule has 1 fully saturated rings. The maximum Gasteiger partial charge on any atom is -0.00205 e. The Bertz CT molecular complexity index is 115. The molecule has 1 heterocycles. The maximum atomic E-state index is 3.52. The van der Waals surface area contributed by atoms with E-state index in [1.165, 1.54) is 51.7 Å². The van der Waals surface area contributed by atoms with Crippen molar-refractivity contribution >= 4 is 0 Å². The van der Waals surface area contributed by atoms with Gasteiger partial charge in [-0.05, 0) is 65.3 Å². The van der Waals surface area contributed by atoms with Gasteiger partial charge in [0.1, 0.15) is 0 Å². The van der Waals surface area contributed by atoms with E-state index < -0.39 is 0 Å². The minimum Gasteiger partial charge on any atom is -0.316 e. The van der Waals surface area contributed by atoms with Gasteiger partial charge in [0.15, 0.2) is 0 Å². The van der Waals surface area contributed by atoms with Crippen LogP contribution in [0.15, 0.2) is 0 Å². The van der Waals surface area contributed by atoms with Gasteiger partial charge in [0, 0.05) is 0 Å². The van der Waals surface area contributed by atoms with Crippen molar-refractivity contribution in [3.05, 3.63) is 0 Å². The zero-order valence-electron chi connectivity index (χ0n) is 9.18. The van der Waals surface area contributed by atoms with Crippen molar-refractivity contribution in [1.29, 1.82) is 0 Å². The summed E-state index contributed by atoms with van der Waals surface area (Å²) < 4.78 is 0. The molecular weight excluding hydrogens is 160 g/mol. The van der Waals surface area contributed by atoms with Gasteiger partial charge in [-0.2, -0.15) is 0 Å². The molecule has 0 saturated carbocycles. The Morgan fingerprint density at radius 1 is 1.31 bits per heavy atom. The second kappa shape index (κ2) is 6.39. The van der Waals surface area contributed by atoms with Crippen molar-refractivity contribution < 1.29 is 0 Å². The second-order valence-electron chi connectivity index (χ2n) is 4.51. The number of hydrogen-bond donors (Lipinski definition) is 1. The average Bonchev–Trinajstić information content (AvgIpc) is 2.32. The van der Waals surface area contributed by atoms with E-state index >= 15 is 0 Å². The predicted molar refractivity (Wildman–Crippen MR) is 58.0 cm³/mol. The zero-order valence-corrected chi connectivity index (χ0v) is 9.18. The van der Waals surface area contributed by atoms with Crippen molar-refractivity contribution in [3.63, 3.8) is 0 Å². The van der Waals surface area contributed by atoms with E-state index in [1.807, 2.05) is 0 Å². The molecule has 1 N–H and O–H groups in total. The first kappa shape index (κ1) is 11.0. The smallest absolute Gasteiger partial charge is 0.00205 e. The molecule has 1 unspecified atom stereocenters. The maximum absolute atomic E-state index is 3.52. The fourth-order valence-electron chi connectivity index (χ4n) is 2.03. The van der Waals surface area contributed by atoms with Gasteiger partial charge in [0.2, 0.25) is 0 Å². The number of nitrogens with zero attached hydrogens (tertiary/aromatic N) is 1. The van der Waals surface area contributed by atoms with Crippen LogP contribution in [-0.4, -0.2) is 38.6 Å². The quantitative estimate of drug-likeness (QED) is 0.715. The third-order valence-electron chi connectivity index (χ3n) is 2.87. The van der Waals surface area contributed by atoms with Gasteiger partial charge in [-0.15, -0.1) is 0 Å². The van der Waals surface area contributed by atoms with Gasteiger partial charge in [0.05, 0.1) is 0 Å². The summed E-state index contributed by atoms with van der Waals surface area (Å²) in [4.78, 5) is 2.28. The normalized spacial score (nSPS) is 24.7. The molecule has 0 aromatic heterocycles. The highest BCUT2D eigenvalue weighted by Crippen LogP contribution is 2.16. The first-order valence-electron chi connectivity index (χ1n) is 5.64. The van der Waals surface area contributed by atoms with E-state index in [4.69, 9.17) is 0 Å². The monoisotopic (exact) mass is 184 g/mol. The van der Waals surface area contributed by atoms with Crippen LogP contribution in [0.5, 0.6) is 0 Å². The van der Waals surface area contributed by atoms with Crippen molar-refractivity contribution in [2.24, 2.45) is 5.92 Å². The Hall–Kier alpha value is -0.0800. The lowest BCUT2D eigenvalue weighted by molar-refractivity contribution is 0.356. The fourth-order valence-corrected chi connectivity index (χ4v) is 2.03. The Morgan fingerprint density at radius 2 is 2.15 bits per heavy atom. The van der Waals surface area contributed by atoms with Crippen molar-refractivity contribution in [2.75, 3.05) is 33.7 Å². The molecule has 78 valence electrons. The molecule has 2 heteroatoms. The standard InChI is InChI=1S/C11H24N2/c1-13(2)9-5-7-11-6-3-4-8-12-10-11/h11-12H,3-10H2,1-2H3. The van der Waals surface area contributed by atoms with Crippen LogP contribution in [0.1, 0.15) is 32.1 Å². The lowest BCUT2D eigenvalue weighted by atomic mass is 9.98. The Labute approximate surface area is 82.7 Å². The van der Waals surface area contributed by atoms with E-state index in [1.54, 1.807) is 0 Å². The second-order valence-corrected chi connectivity index (χ2v) is 4.51. The lowest BCUT2D eigenvalue weighted by Crippen LogP contribution is -2.21.